The summed E-state index contributed by atoms with van der Waals surface area (Å²) in [5, 5.41) is 11.5. The van der Waals surface area contributed by atoms with Gasteiger partial charge in [-0.15, -0.1) is 0 Å². The van der Waals surface area contributed by atoms with E-state index >= 15 is 0 Å². The molecule has 0 aliphatic heterocycles. The van der Waals surface area contributed by atoms with Gasteiger partial charge < -0.3 is 20.2 Å². The van der Waals surface area contributed by atoms with Gasteiger partial charge in [0.05, 0.1) is 0 Å². The second kappa shape index (κ2) is 7.44. The van der Waals surface area contributed by atoms with Gasteiger partial charge in [0.25, 0.3) is 5.91 Å². The third-order valence-corrected chi connectivity index (χ3v) is 2.71. The number of nitrogens with zero attached hydrogens (tertiary/aromatic N) is 3. The summed E-state index contributed by atoms with van der Waals surface area (Å²) in [6.45, 7) is 1.15. The molecule has 0 aliphatic rings. The van der Waals surface area contributed by atoms with Crippen LogP contribution in [0.25, 0.3) is 0 Å². The van der Waals surface area contributed by atoms with E-state index in [1.54, 1.807) is 17.0 Å². The molecule has 2 N–H and O–H groups in total. The number of likely N-dealkylation sites (N-methyl/N-ethyl adjacent to an activating group) is 1. The van der Waals surface area contributed by atoms with Gasteiger partial charge in [-0.1, -0.05) is 0 Å². The lowest BCUT2D eigenvalue weighted by Gasteiger charge is -2.24. The third kappa shape index (κ3) is 4.85. The van der Waals surface area contributed by atoms with Gasteiger partial charge in [0.15, 0.2) is 0 Å². The van der Waals surface area contributed by atoms with Crippen molar-refractivity contribution in [1.29, 1.82) is 0 Å². The molecule has 0 fully saturated rings. The number of anilines is 1. The molecule has 0 spiro atoms. The Morgan fingerprint density at radius 3 is 2.60 bits per heavy atom. The fourth-order valence-electron chi connectivity index (χ4n) is 1.65. The first kappa shape index (κ1) is 15.9. The number of hydrogen-bond acceptors (Lipinski definition) is 5. The number of rotatable bonds is 7. The Balaban J connectivity index is 2.94. The van der Waals surface area contributed by atoms with Gasteiger partial charge in [0.1, 0.15) is 12.2 Å². The highest BCUT2D eigenvalue weighted by Crippen LogP contribution is 2.14. The number of carbonyl (C=O) groups is 2. The molecule has 1 aromatic heterocycles. The molecule has 1 rings (SSSR count). The zero-order valence-electron chi connectivity index (χ0n) is 12.0. The Labute approximate surface area is 118 Å². The second-order valence-electron chi connectivity index (χ2n) is 4.60. The number of nitrogens with one attached hydrogen (secondary N) is 1. The van der Waals surface area contributed by atoms with E-state index in [0.717, 1.165) is 0 Å². The predicted octanol–water partition coefficient (Wildman–Crippen LogP) is -0.106. The molecule has 1 amide bonds. The minimum absolute atomic E-state index is 0.120. The normalized spacial score (nSPS) is 10.4. The number of amides is 1. The first-order chi connectivity index (χ1) is 9.43. The summed E-state index contributed by atoms with van der Waals surface area (Å²) in [7, 11) is 5.36. The van der Waals surface area contributed by atoms with Gasteiger partial charge >= 0.3 is 5.97 Å². The van der Waals surface area contributed by atoms with Crippen LogP contribution in [0.2, 0.25) is 0 Å². The number of aliphatic carboxylic acids is 1. The molecule has 110 valence electrons. The highest BCUT2D eigenvalue weighted by atomic mass is 16.4. The van der Waals surface area contributed by atoms with Crippen LogP contribution in [0.15, 0.2) is 18.3 Å². The maximum atomic E-state index is 11.6. The largest absolute Gasteiger partial charge is 0.480 e. The maximum absolute atomic E-state index is 11.6. The summed E-state index contributed by atoms with van der Waals surface area (Å²) >= 11 is 0. The molecule has 0 saturated heterocycles. The van der Waals surface area contributed by atoms with E-state index in [2.05, 4.69) is 10.3 Å². The SMILES string of the molecule is CNC(=O)c1cc(N(CCN(C)C)CC(=O)O)ccn1. The van der Waals surface area contributed by atoms with E-state index in [0.29, 0.717) is 18.8 Å². The molecule has 7 nitrogen and oxygen atoms in total. The Bertz CT molecular complexity index is 476. The van der Waals surface area contributed by atoms with Crippen molar-refractivity contribution in [3.8, 4) is 0 Å². The molecule has 0 unspecified atom stereocenters. The zero-order chi connectivity index (χ0) is 15.1. The average Bonchev–Trinajstić information content (AvgIpc) is 2.42. The molecular weight excluding hydrogens is 260 g/mol. The van der Waals surface area contributed by atoms with E-state index < -0.39 is 5.97 Å². The average molecular weight is 280 g/mol. The number of hydrogen-bond donors (Lipinski definition) is 2. The quantitative estimate of drug-likeness (QED) is 0.725. The highest BCUT2D eigenvalue weighted by molar-refractivity contribution is 5.93. The van der Waals surface area contributed by atoms with Crippen LogP contribution in [-0.4, -0.2) is 67.6 Å². The Kier molecular flexibility index (Phi) is 5.92. The predicted molar refractivity (Wildman–Crippen MR) is 76.0 cm³/mol. The van der Waals surface area contributed by atoms with Crippen molar-refractivity contribution < 1.29 is 14.7 Å². The number of carboxylic acids is 1. The van der Waals surface area contributed by atoms with Gasteiger partial charge in [0.2, 0.25) is 0 Å². The third-order valence-electron chi connectivity index (χ3n) is 2.71. The van der Waals surface area contributed by atoms with Gasteiger partial charge in [-0.25, -0.2) is 0 Å². The molecule has 7 heteroatoms. The monoisotopic (exact) mass is 280 g/mol. The molecule has 1 heterocycles. The van der Waals surface area contributed by atoms with Gasteiger partial charge in [-0.05, 0) is 26.2 Å². The molecule has 0 aliphatic carbocycles. The summed E-state index contributed by atoms with van der Waals surface area (Å²) in [5.74, 6) is -1.21. The number of carboxylic acid groups (broad SMARTS) is 1. The lowest BCUT2D eigenvalue weighted by atomic mass is 10.2. The zero-order valence-corrected chi connectivity index (χ0v) is 12.0. The number of carbonyl (C=O) groups excluding carboxylic acids is 1. The van der Waals surface area contributed by atoms with E-state index in [1.807, 2.05) is 19.0 Å². The lowest BCUT2D eigenvalue weighted by Crippen LogP contribution is -2.35. The van der Waals surface area contributed by atoms with Crippen molar-refractivity contribution in [2.45, 2.75) is 0 Å². The van der Waals surface area contributed by atoms with E-state index in [-0.39, 0.29) is 18.1 Å². The molecule has 1 aromatic rings. The van der Waals surface area contributed by atoms with Gasteiger partial charge in [-0.2, -0.15) is 0 Å². The maximum Gasteiger partial charge on any atom is 0.323 e. The van der Waals surface area contributed by atoms with Crippen LogP contribution in [-0.2, 0) is 4.79 Å². The van der Waals surface area contributed by atoms with Crippen LogP contribution in [0.1, 0.15) is 10.5 Å². The van der Waals surface area contributed by atoms with Gasteiger partial charge in [0, 0.05) is 32.0 Å². The smallest absolute Gasteiger partial charge is 0.323 e. The summed E-state index contributed by atoms with van der Waals surface area (Å²) in [5.41, 5.74) is 0.938. The van der Waals surface area contributed by atoms with Crippen molar-refractivity contribution in [1.82, 2.24) is 15.2 Å². The van der Waals surface area contributed by atoms with Crippen molar-refractivity contribution in [3.05, 3.63) is 24.0 Å². The Hall–Kier alpha value is -2.15. The molecule has 0 bridgehead atoms. The minimum Gasteiger partial charge on any atom is -0.480 e. The van der Waals surface area contributed by atoms with Crippen LogP contribution in [0.4, 0.5) is 5.69 Å². The molecule has 0 saturated carbocycles. The molecule has 0 aromatic carbocycles. The van der Waals surface area contributed by atoms with E-state index in [9.17, 15) is 9.59 Å². The molecule has 0 radical (unpaired) electrons. The molecule has 20 heavy (non-hydrogen) atoms. The first-order valence-electron chi connectivity index (χ1n) is 6.23. The minimum atomic E-state index is -0.915. The summed E-state index contributed by atoms with van der Waals surface area (Å²) in [4.78, 5) is 30.2. The van der Waals surface area contributed by atoms with Crippen molar-refractivity contribution >= 4 is 17.6 Å². The van der Waals surface area contributed by atoms with Crippen molar-refractivity contribution in [2.24, 2.45) is 0 Å². The Morgan fingerprint density at radius 2 is 2.05 bits per heavy atom. The number of pyridine rings is 1. The van der Waals surface area contributed by atoms with Crippen LogP contribution < -0.4 is 10.2 Å². The topological polar surface area (TPSA) is 85.8 Å². The van der Waals surface area contributed by atoms with Crippen molar-refractivity contribution in [2.75, 3.05) is 45.7 Å². The standard InChI is InChI=1S/C13H20N4O3/c1-14-13(20)11-8-10(4-5-15-11)17(9-12(18)19)7-6-16(2)3/h4-5,8H,6-7,9H2,1-3H3,(H,14,20)(H,18,19). The van der Waals surface area contributed by atoms with Crippen molar-refractivity contribution in [3.63, 3.8) is 0 Å². The summed E-state index contributed by atoms with van der Waals surface area (Å²) in [6, 6.07) is 3.29. The molecular formula is C13H20N4O3. The first-order valence-corrected chi connectivity index (χ1v) is 6.23. The lowest BCUT2D eigenvalue weighted by molar-refractivity contribution is -0.135. The fraction of sp³-hybridized carbons (Fsp3) is 0.462. The van der Waals surface area contributed by atoms with Gasteiger partial charge in [-0.3, -0.25) is 14.6 Å². The fourth-order valence-corrected chi connectivity index (χ4v) is 1.65. The van der Waals surface area contributed by atoms with Crippen LogP contribution in [0.3, 0.4) is 0 Å². The summed E-state index contributed by atoms with van der Waals surface area (Å²) in [6.07, 6.45) is 1.50. The van der Waals surface area contributed by atoms with Crippen LogP contribution in [0, 0.1) is 0 Å². The highest BCUT2D eigenvalue weighted by Gasteiger charge is 2.13. The second-order valence-corrected chi connectivity index (χ2v) is 4.60. The number of aromatic nitrogens is 1. The van der Waals surface area contributed by atoms with Crippen LogP contribution in [0.5, 0.6) is 0 Å². The van der Waals surface area contributed by atoms with E-state index in [1.165, 1.54) is 13.2 Å². The summed E-state index contributed by atoms with van der Waals surface area (Å²) < 4.78 is 0. The van der Waals surface area contributed by atoms with Crippen LogP contribution >= 0.6 is 0 Å². The Morgan fingerprint density at radius 1 is 1.35 bits per heavy atom. The molecule has 0 atom stereocenters. The van der Waals surface area contributed by atoms with E-state index in [4.69, 9.17) is 5.11 Å².